The predicted molar refractivity (Wildman–Crippen MR) is 175 cm³/mol. The number of fused-ring (bicyclic) bond motifs is 3. The quantitative estimate of drug-likeness (QED) is 0.123. The van der Waals surface area contributed by atoms with Crippen molar-refractivity contribution in [1.82, 2.24) is 0 Å². The normalized spacial score (nSPS) is 11.4. The maximum atomic E-state index is 3.91. The van der Waals surface area contributed by atoms with Crippen molar-refractivity contribution in [2.45, 2.75) is 6.55 Å². The molecule has 0 atom stereocenters. The highest BCUT2D eigenvalue weighted by Crippen LogP contribution is 2.41. The van der Waals surface area contributed by atoms with Gasteiger partial charge in [-0.05, 0) is 53.8 Å². The fourth-order valence-corrected chi connectivity index (χ4v) is 8.75. The molecular formula is C39H28Si. The molecule has 0 aliphatic carbocycles. The van der Waals surface area contributed by atoms with Crippen molar-refractivity contribution in [3.63, 3.8) is 0 Å². The van der Waals surface area contributed by atoms with Crippen LogP contribution in [0.4, 0.5) is 0 Å². The summed E-state index contributed by atoms with van der Waals surface area (Å²) in [5, 5.41) is 10.1. The SMILES string of the molecule is C[Si](C#Cc1c2ccccc2c(-c2cccc3ccccc23)c2ccccc12)(c1ccccc1)c1ccccc1. The predicted octanol–water partition coefficient (Wildman–Crippen LogP) is 8.60. The molecule has 7 rings (SSSR count). The number of hydrogen-bond acceptors (Lipinski definition) is 0. The monoisotopic (exact) mass is 524 g/mol. The first-order valence-electron chi connectivity index (χ1n) is 13.8. The fourth-order valence-electron chi connectivity index (χ4n) is 6.04. The fraction of sp³-hybridized carbons (Fsp3) is 0.0256. The van der Waals surface area contributed by atoms with Gasteiger partial charge in [0.25, 0.3) is 0 Å². The van der Waals surface area contributed by atoms with Gasteiger partial charge < -0.3 is 0 Å². The van der Waals surface area contributed by atoms with Crippen molar-refractivity contribution in [2.75, 3.05) is 0 Å². The lowest BCUT2D eigenvalue weighted by molar-refractivity contribution is 1.69. The van der Waals surface area contributed by atoms with Gasteiger partial charge in [-0.1, -0.05) is 164 Å². The zero-order chi connectivity index (χ0) is 26.9. The minimum absolute atomic E-state index is 1.11. The van der Waals surface area contributed by atoms with Crippen LogP contribution in [-0.4, -0.2) is 8.07 Å². The van der Waals surface area contributed by atoms with Gasteiger partial charge in [-0.3, -0.25) is 0 Å². The molecule has 0 saturated heterocycles. The Morgan fingerprint density at radius 2 is 0.875 bits per heavy atom. The van der Waals surface area contributed by atoms with Gasteiger partial charge >= 0.3 is 0 Å². The summed E-state index contributed by atoms with van der Waals surface area (Å²) in [5.41, 5.74) is 7.56. The molecule has 0 aliphatic rings. The van der Waals surface area contributed by atoms with E-state index in [1.807, 2.05) is 0 Å². The Hall–Kier alpha value is -4.90. The van der Waals surface area contributed by atoms with Crippen LogP contribution in [0.1, 0.15) is 5.56 Å². The summed E-state index contributed by atoms with van der Waals surface area (Å²) >= 11 is 0. The van der Waals surface area contributed by atoms with Gasteiger partial charge in [0.05, 0.1) is 0 Å². The van der Waals surface area contributed by atoms with E-state index in [9.17, 15) is 0 Å². The molecule has 0 aromatic heterocycles. The molecule has 1 heteroatoms. The van der Waals surface area contributed by atoms with Crippen LogP contribution in [-0.2, 0) is 0 Å². The Kier molecular flexibility index (Phi) is 6.04. The molecular weight excluding hydrogens is 497 g/mol. The van der Waals surface area contributed by atoms with Crippen LogP contribution in [0.15, 0.2) is 152 Å². The van der Waals surface area contributed by atoms with Crippen LogP contribution in [0, 0.1) is 11.5 Å². The second-order valence-corrected chi connectivity index (χ2v) is 14.1. The van der Waals surface area contributed by atoms with Crippen LogP contribution in [0.2, 0.25) is 6.55 Å². The highest BCUT2D eigenvalue weighted by molar-refractivity contribution is 7.07. The molecule has 188 valence electrons. The molecule has 0 amide bonds. The third kappa shape index (κ3) is 4.02. The third-order valence-electron chi connectivity index (χ3n) is 8.13. The van der Waals surface area contributed by atoms with E-state index >= 15 is 0 Å². The van der Waals surface area contributed by atoms with E-state index in [4.69, 9.17) is 0 Å². The van der Waals surface area contributed by atoms with E-state index in [1.165, 1.54) is 53.8 Å². The second-order valence-electron chi connectivity index (χ2n) is 10.5. The summed E-state index contributed by atoms with van der Waals surface area (Å²) in [5.74, 6) is 3.80. The summed E-state index contributed by atoms with van der Waals surface area (Å²) in [6.45, 7) is 2.37. The standard InChI is InChI=1S/C39H28Si/c1-40(30-17-4-2-5-18-30,31-19-6-3-7-20-31)28-27-35-33-22-10-12-24-37(33)39(38-25-13-11-23-34(35)38)36-26-14-16-29-15-8-9-21-32(29)36/h2-26H,1H3. The topological polar surface area (TPSA) is 0 Å². The Morgan fingerprint density at radius 3 is 1.45 bits per heavy atom. The molecule has 7 aromatic rings. The number of hydrogen-bond donors (Lipinski definition) is 0. The largest absolute Gasteiger partial charge is 0.196 e. The molecule has 0 nitrogen and oxygen atoms in total. The van der Waals surface area contributed by atoms with Gasteiger partial charge in [0.2, 0.25) is 0 Å². The first-order valence-corrected chi connectivity index (χ1v) is 16.3. The van der Waals surface area contributed by atoms with E-state index in [1.54, 1.807) is 0 Å². The van der Waals surface area contributed by atoms with Gasteiger partial charge in [0, 0.05) is 5.56 Å². The van der Waals surface area contributed by atoms with Crippen LogP contribution in [0.3, 0.4) is 0 Å². The zero-order valence-electron chi connectivity index (χ0n) is 22.4. The maximum absolute atomic E-state index is 3.91. The van der Waals surface area contributed by atoms with Gasteiger partial charge in [0.1, 0.15) is 0 Å². The van der Waals surface area contributed by atoms with E-state index in [-0.39, 0.29) is 0 Å². The van der Waals surface area contributed by atoms with Crippen molar-refractivity contribution >= 4 is 50.8 Å². The molecule has 40 heavy (non-hydrogen) atoms. The summed E-state index contributed by atoms with van der Waals surface area (Å²) < 4.78 is 0. The molecule has 0 N–H and O–H groups in total. The molecule has 0 heterocycles. The van der Waals surface area contributed by atoms with Crippen molar-refractivity contribution in [3.05, 3.63) is 157 Å². The van der Waals surface area contributed by atoms with Crippen molar-refractivity contribution < 1.29 is 0 Å². The molecule has 0 spiro atoms. The van der Waals surface area contributed by atoms with E-state index in [0.717, 1.165) is 5.56 Å². The van der Waals surface area contributed by atoms with E-state index in [0.29, 0.717) is 0 Å². The van der Waals surface area contributed by atoms with Gasteiger partial charge in [-0.25, -0.2) is 0 Å². The molecule has 0 radical (unpaired) electrons. The van der Waals surface area contributed by atoms with Crippen LogP contribution < -0.4 is 10.4 Å². The molecule has 0 aliphatic heterocycles. The number of rotatable bonds is 3. The lowest BCUT2D eigenvalue weighted by atomic mass is 9.87. The first kappa shape index (κ1) is 24.2. The molecule has 0 unspecified atom stereocenters. The molecule has 0 bridgehead atoms. The van der Waals surface area contributed by atoms with Crippen LogP contribution >= 0.6 is 0 Å². The maximum Gasteiger partial charge on any atom is 0.196 e. The zero-order valence-corrected chi connectivity index (χ0v) is 23.4. The van der Waals surface area contributed by atoms with Crippen molar-refractivity contribution in [3.8, 4) is 22.6 Å². The molecule has 0 fully saturated rings. The Labute approximate surface area is 236 Å². The first-order chi connectivity index (χ1) is 19.7. The van der Waals surface area contributed by atoms with Crippen molar-refractivity contribution in [2.24, 2.45) is 0 Å². The van der Waals surface area contributed by atoms with Gasteiger partial charge in [-0.15, -0.1) is 5.54 Å². The Morgan fingerprint density at radius 1 is 0.425 bits per heavy atom. The van der Waals surface area contributed by atoms with Crippen molar-refractivity contribution in [1.29, 1.82) is 0 Å². The van der Waals surface area contributed by atoms with Crippen LogP contribution in [0.25, 0.3) is 43.4 Å². The van der Waals surface area contributed by atoms with E-state index in [2.05, 4.69) is 170 Å². The van der Waals surface area contributed by atoms with E-state index < -0.39 is 8.07 Å². The average molecular weight is 525 g/mol. The average Bonchev–Trinajstić information content (AvgIpc) is 3.03. The highest BCUT2D eigenvalue weighted by Gasteiger charge is 2.30. The number of benzene rings is 7. The summed E-state index contributed by atoms with van der Waals surface area (Å²) in [7, 11) is -2.33. The second kappa shape index (κ2) is 10.0. The summed E-state index contributed by atoms with van der Waals surface area (Å²) in [6.07, 6.45) is 0. The summed E-state index contributed by atoms with van der Waals surface area (Å²) in [6, 6.07) is 54.6. The lowest BCUT2D eigenvalue weighted by Gasteiger charge is -2.22. The van der Waals surface area contributed by atoms with Gasteiger partial charge in [-0.2, -0.15) is 0 Å². The highest BCUT2D eigenvalue weighted by atomic mass is 28.3. The Balaban J connectivity index is 1.55. The summed E-state index contributed by atoms with van der Waals surface area (Å²) in [4.78, 5) is 0. The Bertz CT molecular complexity index is 1960. The third-order valence-corrected chi connectivity index (χ3v) is 11.7. The molecule has 0 saturated carbocycles. The smallest absolute Gasteiger partial charge is 0.115 e. The van der Waals surface area contributed by atoms with Crippen LogP contribution in [0.5, 0.6) is 0 Å². The molecule has 7 aromatic carbocycles. The lowest BCUT2D eigenvalue weighted by Crippen LogP contribution is -2.54. The minimum atomic E-state index is -2.33. The minimum Gasteiger partial charge on any atom is -0.115 e. The van der Waals surface area contributed by atoms with Gasteiger partial charge in [0.15, 0.2) is 8.07 Å².